The van der Waals surface area contributed by atoms with Crippen LogP contribution in [0.3, 0.4) is 0 Å². The largest absolute Gasteiger partial charge is 0.480 e. The van der Waals surface area contributed by atoms with Crippen molar-refractivity contribution < 1.29 is 14.3 Å². The molecule has 2 heterocycles. The third kappa shape index (κ3) is 1.69. The van der Waals surface area contributed by atoms with Crippen molar-refractivity contribution in [2.45, 2.75) is 24.9 Å². The molecule has 1 aromatic rings. The fourth-order valence-electron chi connectivity index (χ4n) is 1.70. The fourth-order valence-corrected chi connectivity index (χ4v) is 2.18. The smallest absolute Gasteiger partial charge is 0.320 e. The van der Waals surface area contributed by atoms with Crippen LogP contribution < -0.4 is 5.32 Å². The molecule has 14 heavy (non-hydrogen) atoms. The van der Waals surface area contributed by atoms with Gasteiger partial charge in [0.15, 0.2) is 0 Å². The monoisotopic (exact) mass is 259 g/mol. The first-order valence-corrected chi connectivity index (χ1v) is 5.19. The van der Waals surface area contributed by atoms with Gasteiger partial charge in [0.2, 0.25) is 0 Å². The molecular weight excluding hydrogens is 250 g/mol. The van der Waals surface area contributed by atoms with Crippen molar-refractivity contribution in [1.82, 2.24) is 5.32 Å². The lowest BCUT2D eigenvalue weighted by Crippen LogP contribution is -2.31. The molecule has 0 bridgehead atoms. The maximum atomic E-state index is 10.7. The van der Waals surface area contributed by atoms with Crippen LogP contribution in [0.25, 0.3) is 0 Å². The highest BCUT2D eigenvalue weighted by atomic mass is 79.9. The molecular formula is C9H10BrNO3. The Bertz CT molecular complexity index is 350. The molecule has 5 heteroatoms. The Morgan fingerprint density at radius 1 is 1.64 bits per heavy atom. The molecule has 2 N–H and O–H groups in total. The van der Waals surface area contributed by atoms with Crippen LogP contribution in [0.1, 0.15) is 24.6 Å². The molecule has 2 atom stereocenters. The van der Waals surface area contributed by atoms with E-state index >= 15 is 0 Å². The second-order valence-corrected chi connectivity index (χ2v) is 4.17. The third-order valence-corrected chi connectivity index (χ3v) is 3.06. The maximum Gasteiger partial charge on any atom is 0.320 e. The number of carbonyl (C=O) groups is 1. The minimum Gasteiger partial charge on any atom is -0.480 e. The Morgan fingerprint density at radius 2 is 2.43 bits per heavy atom. The molecule has 76 valence electrons. The fraction of sp³-hybridized carbons (Fsp3) is 0.444. The topological polar surface area (TPSA) is 62.5 Å². The summed E-state index contributed by atoms with van der Waals surface area (Å²) in [4.78, 5) is 10.7. The SMILES string of the molecule is O=C(O)C1CCC(c2occc2Br)N1. The summed E-state index contributed by atoms with van der Waals surface area (Å²) in [6, 6.07) is 1.38. The number of aliphatic carboxylic acids is 1. The van der Waals surface area contributed by atoms with Crippen LogP contribution in [-0.4, -0.2) is 17.1 Å². The van der Waals surface area contributed by atoms with Crippen LogP contribution in [0, 0.1) is 0 Å². The molecule has 1 aromatic heterocycles. The Morgan fingerprint density at radius 3 is 2.93 bits per heavy atom. The van der Waals surface area contributed by atoms with Crippen LogP contribution in [-0.2, 0) is 4.79 Å². The van der Waals surface area contributed by atoms with Gasteiger partial charge in [-0.15, -0.1) is 0 Å². The molecule has 2 rings (SSSR count). The minimum atomic E-state index is -0.796. The van der Waals surface area contributed by atoms with Gasteiger partial charge in [-0.2, -0.15) is 0 Å². The lowest BCUT2D eigenvalue weighted by atomic mass is 10.1. The summed E-state index contributed by atoms with van der Waals surface area (Å²) in [5.41, 5.74) is 0. The van der Waals surface area contributed by atoms with E-state index < -0.39 is 12.0 Å². The first-order chi connectivity index (χ1) is 6.68. The number of halogens is 1. The number of carboxylic acid groups (broad SMARTS) is 1. The molecule has 4 nitrogen and oxygen atoms in total. The van der Waals surface area contributed by atoms with Crippen LogP contribution >= 0.6 is 15.9 Å². The number of nitrogens with one attached hydrogen (secondary N) is 1. The number of carboxylic acids is 1. The maximum absolute atomic E-state index is 10.7. The Balaban J connectivity index is 2.10. The molecule has 0 saturated carbocycles. The van der Waals surface area contributed by atoms with E-state index in [4.69, 9.17) is 9.52 Å². The molecule has 0 amide bonds. The summed E-state index contributed by atoms with van der Waals surface area (Å²) >= 11 is 3.35. The van der Waals surface area contributed by atoms with Gasteiger partial charge in [-0.05, 0) is 34.8 Å². The van der Waals surface area contributed by atoms with Crippen molar-refractivity contribution in [2.24, 2.45) is 0 Å². The number of furan rings is 1. The van der Waals surface area contributed by atoms with Gasteiger partial charge in [-0.1, -0.05) is 0 Å². The summed E-state index contributed by atoms with van der Waals surface area (Å²) in [7, 11) is 0. The Hall–Kier alpha value is -0.810. The van der Waals surface area contributed by atoms with Crippen LogP contribution in [0.15, 0.2) is 21.2 Å². The van der Waals surface area contributed by atoms with Crippen LogP contribution in [0.5, 0.6) is 0 Å². The molecule has 1 saturated heterocycles. The van der Waals surface area contributed by atoms with Gasteiger partial charge >= 0.3 is 5.97 Å². The average Bonchev–Trinajstić information content (AvgIpc) is 2.71. The van der Waals surface area contributed by atoms with Crippen molar-refractivity contribution in [1.29, 1.82) is 0 Å². The molecule has 0 aromatic carbocycles. The van der Waals surface area contributed by atoms with E-state index in [2.05, 4.69) is 21.2 Å². The normalized spacial score (nSPS) is 26.6. The van der Waals surface area contributed by atoms with Gasteiger partial charge in [0.1, 0.15) is 11.8 Å². The van der Waals surface area contributed by atoms with Gasteiger partial charge < -0.3 is 9.52 Å². The van der Waals surface area contributed by atoms with Gasteiger partial charge in [0.05, 0.1) is 16.8 Å². The van der Waals surface area contributed by atoms with Crippen molar-refractivity contribution in [3.8, 4) is 0 Å². The first kappa shape index (κ1) is 9.73. The summed E-state index contributed by atoms with van der Waals surface area (Å²) in [6.45, 7) is 0. The van der Waals surface area contributed by atoms with Gasteiger partial charge in [0, 0.05) is 0 Å². The lowest BCUT2D eigenvalue weighted by molar-refractivity contribution is -0.139. The van der Waals surface area contributed by atoms with E-state index in [1.165, 1.54) is 0 Å². The van der Waals surface area contributed by atoms with E-state index in [0.717, 1.165) is 16.7 Å². The van der Waals surface area contributed by atoms with E-state index in [-0.39, 0.29) is 6.04 Å². The van der Waals surface area contributed by atoms with Crippen LogP contribution in [0.4, 0.5) is 0 Å². The van der Waals surface area contributed by atoms with Crippen molar-refractivity contribution in [2.75, 3.05) is 0 Å². The van der Waals surface area contributed by atoms with Crippen molar-refractivity contribution in [3.05, 3.63) is 22.6 Å². The standard InChI is InChI=1S/C9H10BrNO3/c10-5-3-4-14-8(5)6-1-2-7(11-6)9(12)13/h3-4,6-7,11H,1-2H2,(H,12,13). The summed E-state index contributed by atoms with van der Waals surface area (Å²) in [6.07, 6.45) is 3.03. The molecule has 0 aliphatic carbocycles. The molecule has 1 fully saturated rings. The van der Waals surface area contributed by atoms with Gasteiger partial charge in [-0.3, -0.25) is 10.1 Å². The van der Waals surface area contributed by atoms with Gasteiger partial charge in [0.25, 0.3) is 0 Å². The second-order valence-electron chi connectivity index (χ2n) is 3.32. The number of rotatable bonds is 2. The Kier molecular flexibility index (Phi) is 2.60. The van der Waals surface area contributed by atoms with E-state index in [1.54, 1.807) is 6.26 Å². The minimum absolute atomic E-state index is 0.0143. The van der Waals surface area contributed by atoms with Crippen molar-refractivity contribution in [3.63, 3.8) is 0 Å². The zero-order valence-electron chi connectivity index (χ0n) is 7.37. The van der Waals surface area contributed by atoms with Crippen LogP contribution in [0.2, 0.25) is 0 Å². The predicted octanol–water partition coefficient (Wildman–Crippen LogP) is 1.92. The van der Waals surface area contributed by atoms with Gasteiger partial charge in [-0.25, -0.2) is 0 Å². The molecule has 1 aliphatic rings. The zero-order chi connectivity index (χ0) is 10.1. The van der Waals surface area contributed by atoms with E-state index in [1.807, 2.05) is 6.07 Å². The quantitative estimate of drug-likeness (QED) is 0.852. The molecule has 1 aliphatic heterocycles. The second kappa shape index (κ2) is 3.74. The van der Waals surface area contributed by atoms with E-state index in [9.17, 15) is 4.79 Å². The highest BCUT2D eigenvalue weighted by molar-refractivity contribution is 9.10. The predicted molar refractivity (Wildman–Crippen MR) is 52.9 cm³/mol. The molecule has 0 spiro atoms. The zero-order valence-corrected chi connectivity index (χ0v) is 8.95. The molecule has 2 unspecified atom stereocenters. The molecule has 0 radical (unpaired) electrons. The summed E-state index contributed by atoms with van der Waals surface area (Å²) < 4.78 is 6.16. The lowest BCUT2D eigenvalue weighted by Gasteiger charge is -2.09. The number of hydrogen-bond acceptors (Lipinski definition) is 3. The highest BCUT2D eigenvalue weighted by Crippen LogP contribution is 2.32. The number of hydrogen-bond donors (Lipinski definition) is 2. The summed E-state index contributed by atoms with van der Waals surface area (Å²) in [5.74, 6) is -0.0103. The van der Waals surface area contributed by atoms with Crippen molar-refractivity contribution >= 4 is 21.9 Å². The van der Waals surface area contributed by atoms with E-state index in [0.29, 0.717) is 6.42 Å². The Labute approximate surface area is 89.4 Å². The highest BCUT2D eigenvalue weighted by Gasteiger charge is 2.32. The summed E-state index contributed by atoms with van der Waals surface area (Å²) in [5, 5.41) is 11.8. The average molecular weight is 260 g/mol. The first-order valence-electron chi connectivity index (χ1n) is 4.40. The third-order valence-electron chi connectivity index (χ3n) is 2.41.